The number of anilines is 1. The summed E-state index contributed by atoms with van der Waals surface area (Å²) in [5.41, 5.74) is 2.17. The van der Waals surface area contributed by atoms with E-state index in [0.29, 0.717) is 18.7 Å². The van der Waals surface area contributed by atoms with E-state index in [4.69, 9.17) is 0 Å². The van der Waals surface area contributed by atoms with Gasteiger partial charge in [0.15, 0.2) is 0 Å². The normalized spacial score (nSPS) is 12.0. The summed E-state index contributed by atoms with van der Waals surface area (Å²) in [4.78, 5) is 28.4. The van der Waals surface area contributed by atoms with Crippen LogP contribution in [-0.2, 0) is 26.0 Å². The highest BCUT2D eigenvalue weighted by Gasteiger charge is 2.32. The maximum Gasteiger partial charge on any atom is 0.264 e. The summed E-state index contributed by atoms with van der Waals surface area (Å²) in [7, 11) is -4.05. The van der Waals surface area contributed by atoms with E-state index in [9.17, 15) is 18.0 Å². The Morgan fingerprint density at radius 2 is 1.50 bits per heavy atom. The van der Waals surface area contributed by atoms with Crippen molar-refractivity contribution in [2.75, 3.05) is 23.9 Å². The van der Waals surface area contributed by atoms with Gasteiger partial charge in [0, 0.05) is 13.1 Å². The lowest BCUT2D eigenvalue weighted by Gasteiger charge is -2.32. The zero-order valence-corrected chi connectivity index (χ0v) is 23.2. The Morgan fingerprint density at radius 1 is 0.895 bits per heavy atom. The number of rotatable bonds is 13. The van der Waals surface area contributed by atoms with Crippen LogP contribution in [0.3, 0.4) is 0 Å². The maximum absolute atomic E-state index is 13.9. The number of nitrogens with one attached hydrogen (secondary N) is 1. The molecule has 0 radical (unpaired) electrons. The van der Waals surface area contributed by atoms with Gasteiger partial charge in [0.2, 0.25) is 11.8 Å². The minimum Gasteiger partial charge on any atom is -0.354 e. The molecule has 38 heavy (non-hydrogen) atoms. The van der Waals surface area contributed by atoms with Gasteiger partial charge in [0.05, 0.1) is 10.6 Å². The van der Waals surface area contributed by atoms with Gasteiger partial charge in [0.1, 0.15) is 12.6 Å². The van der Waals surface area contributed by atoms with E-state index in [2.05, 4.69) is 5.32 Å². The van der Waals surface area contributed by atoms with Crippen LogP contribution in [0.2, 0.25) is 0 Å². The number of sulfonamides is 1. The van der Waals surface area contributed by atoms with Gasteiger partial charge >= 0.3 is 0 Å². The monoisotopic (exact) mass is 535 g/mol. The van der Waals surface area contributed by atoms with E-state index in [0.717, 1.165) is 28.3 Å². The lowest BCUT2D eigenvalue weighted by Crippen LogP contribution is -2.52. The fourth-order valence-electron chi connectivity index (χ4n) is 4.18. The number of carbonyl (C=O) groups excluding carboxylic acids is 2. The van der Waals surface area contributed by atoms with Gasteiger partial charge in [-0.1, -0.05) is 80.1 Å². The molecule has 0 aliphatic heterocycles. The molecule has 3 rings (SSSR count). The van der Waals surface area contributed by atoms with Crippen molar-refractivity contribution in [3.63, 3.8) is 0 Å². The molecule has 0 saturated heterocycles. The number of benzene rings is 3. The molecule has 1 atom stereocenters. The summed E-state index contributed by atoms with van der Waals surface area (Å²) < 4.78 is 28.7. The minimum atomic E-state index is -4.05. The second-order valence-electron chi connectivity index (χ2n) is 9.25. The third-order valence-corrected chi connectivity index (χ3v) is 8.25. The molecule has 0 aromatic heterocycles. The molecule has 202 valence electrons. The van der Waals surface area contributed by atoms with E-state index >= 15 is 0 Å². The highest BCUT2D eigenvalue weighted by molar-refractivity contribution is 7.92. The summed E-state index contributed by atoms with van der Waals surface area (Å²) in [6, 6.07) is 24.1. The highest BCUT2D eigenvalue weighted by Crippen LogP contribution is 2.27. The molecule has 0 unspecified atom stereocenters. The van der Waals surface area contributed by atoms with Gasteiger partial charge in [-0.3, -0.25) is 13.9 Å². The van der Waals surface area contributed by atoms with Crippen molar-refractivity contribution in [3.05, 3.63) is 96.1 Å². The Morgan fingerprint density at radius 3 is 2.13 bits per heavy atom. The van der Waals surface area contributed by atoms with Gasteiger partial charge in [-0.2, -0.15) is 0 Å². The number of hydrogen-bond acceptors (Lipinski definition) is 4. The smallest absolute Gasteiger partial charge is 0.264 e. The molecule has 1 N–H and O–H groups in total. The van der Waals surface area contributed by atoms with Crippen LogP contribution >= 0.6 is 0 Å². The van der Waals surface area contributed by atoms with Crippen molar-refractivity contribution < 1.29 is 18.0 Å². The Kier molecular flexibility index (Phi) is 10.5. The van der Waals surface area contributed by atoms with Crippen molar-refractivity contribution in [3.8, 4) is 0 Å². The Hall–Kier alpha value is -3.65. The fourth-order valence-corrected chi connectivity index (χ4v) is 5.68. The molecular formula is C30H37N3O4S. The maximum atomic E-state index is 13.9. The molecule has 7 nitrogen and oxygen atoms in total. The molecule has 0 aliphatic carbocycles. The van der Waals surface area contributed by atoms with E-state index < -0.39 is 28.5 Å². The number of amides is 2. The predicted molar refractivity (Wildman–Crippen MR) is 151 cm³/mol. The zero-order chi connectivity index (χ0) is 27.5. The van der Waals surface area contributed by atoms with Crippen LogP contribution in [0.5, 0.6) is 0 Å². The second kappa shape index (κ2) is 13.8. The Balaban J connectivity index is 1.94. The lowest BCUT2D eigenvalue weighted by molar-refractivity contribution is -0.138. The molecule has 0 saturated carbocycles. The minimum absolute atomic E-state index is 0.0947. The van der Waals surface area contributed by atoms with E-state index in [1.165, 1.54) is 17.0 Å². The summed E-state index contributed by atoms with van der Waals surface area (Å²) in [6.07, 6.45) is 2.32. The van der Waals surface area contributed by atoms with E-state index in [1.807, 2.05) is 56.3 Å². The average molecular weight is 536 g/mol. The zero-order valence-electron chi connectivity index (χ0n) is 22.3. The lowest BCUT2D eigenvalue weighted by atomic mass is 10.1. The number of hydrogen-bond donors (Lipinski definition) is 1. The van der Waals surface area contributed by atoms with Crippen molar-refractivity contribution >= 4 is 27.5 Å². The third kappa shape index (κ3) is 7.44. The number of carbonyl (C=O) groups is 2. The van der Waals surface area contributed by atoms with Crippen LogP contribution < -0.4 is 9.62 Å². The van der Waals surface area contributed by atoms with Crippen LogP contribution in [0.4, 0.5) is 5.69 Å². The first-order valence-corrected chi connectivity index (χ1v) is 14.4. The van der Waals surface area contributed by atoms with E-state index in [-0.39, 0.29) is 17.3 Å². The van der Waals surface area contributed by atoms with Gasteiger partial charge < -0.3 is 10.2 Å². The molecule has 0 bridgehead atoms. The molecule has 2 amide bonds. The summed E-state index contributed by atoms with van der Waals surface area (Å²) in [6.45, 7) is 5.91. The molecule has 3 aromatic carbocycles. The van der Waals surface area contributed by atoms with Crippen molar-refractivity contribution in [1.82, 2.24) is 10.2 Å². The summed E-state index contributed by atoms with van der Waals surface area (Å²) in [5, 5.41) is 2.90. The number of nitrogens with zero attached hydrogens (tertiary/aromatic N) is 2. The van der Waals surface area contributed by atoms with E-state index in [1.54, 1.807) is 37.3 Å². The first-order chi connectivity index (χ1) is 18.3. The van der Waals surface area contributed by atoms with Gasteiger partial charge in [-0.25, -0.2) is 8.42 Å². The first kappa shape index (κ1) is 28.9. The quantitative estimate of drug-likeness (QED) is 0.325. The standard InChI is InChI=1S/C30H37N3O4S/c1-4-5-21-31-30(35)25(3)32(22-20-26-15-8-6-9-16-26)29(34)23-33(28-19-13-12-14-24(28)2)38(36,37)27-17-10-7-11-18-27/h6-19,25H,4-5,20-23H2,1-3H3,(H,31,35)/t25-/m0/s1. The predicted octanol–water partition coefficient (Wildman–Crippen LogP) is 4.57. The second-order valence-corrected chi connectivity index (χ2v) is 11.1. The van der Waals surface area contributed by atoms with Crippen LogP contribution in [0.1, 0.15) is 37.8 Å². The van der Waals surface area contributed by atoms with Gasteiger partial charge in [-0.15, -0.1) is 0 Å². The Labute approximate surface area is 226 Å². The fraction of sp³-hybridized carbons (Fsp3) is 0.333. The number of aryl methyl sites for hydroxylation is 1. The largest absolute Gasteiger partial charge is 0.354 e. The topological polar surface area (TPSA) is 86.8 Å². The molecule has 8 heteroatoms. The van der Waals surface area contributed by atoms with Crippen LogP contribution in [0.15, 0.2) is 89.8 Å². The average Bonchev–Trinajstić information content (AvgIpc) is 2.93. The van der Waals surface area contributed by atoms with Gasteiger partial charge in [0.25, 0.3) is 10.0 Å². The molecule has 3 aromatic rings. The first-order valence-electron chi connectivity index (χ1n) is 13.0. The Bertz CT molecular complexity index is 1300. The highest BCUT2D eigenvalue weighted by atomic mass is 32.2. The molecule has 0 heterocycles. The number of unbranched alkanes of at least 4 members (excludes halogenated alkanes) is 1. The molecule has 0 fully saturated rings. The van der Waals surface area contributed by atoms with Crippen molar-refractivity contribution in [2.45, 2.75) is 51.0 Å². The van der Waals surface area contributed by atoms with Gasteiger partial charge in [-0.05, 0) is 56.0 Å². The van der Waals surface area contributed by atoms with Crippen molar-refractivity contribution in [2.24, 2.45) is 0 Å². The van der Waals surface area contributed by atoms with Crippen molar-refractivity contribution in [1.29, 1.82) is 0 Å². The third-order valence-electron chi connectivity index (χ3n) is 6.48. The summed E-state index contributed by atoms with van der Waals surface area (Å²) >= 11 is 0. The van der Waals surface area contributed by atoms with Crippen LogP contribution in [0, 0.1) is 6.92 Å². The number of para-hydroxylation sites is 1. The molecule has 0 spiro atoms. The summed E-state index contributed by atoms with van der Waals surface area (Å²) in [5.74, 6) is -0.699. The molecule has 0 aliphatic rings. The molecular weight excluding hydrogens is 498 g/mol. The van der Waals surface area contributed by atoms with Crippen LogP contribution in [-0.4, -0.2) is 50.8 Å². The SMILES string of the molecule is CCCCNC(=O)[C@H](C)N(CCc1ccccc1)C(=O)CN(c1ccccc1C)S(=O)(=O)c1ccccc1. The van der Waals surface area contributed by atoms with Crippen LogP contribution in [0.25, 0.3) is 0 Å².